The lowest BCUT2D eigenvalue weighted by Crippen LogP contribution is -1.98. The van der Waals surface area contributed by atoms with Gasteiger partial charge < -0.3 is 10.2 Å². The smallest absolute Gasteiger partial charge is 0.119 e. The van der Waals surface area contributed by atoms with Crippen LogP contribution in [0.2, 0.25) is 0 Å². The Bertz CT molecular complexity index is 358. The van der Waals surface area contributed by atoms with E-state index >= 15 is 0 Å². The van der Waals surface area contributed by atoms with Crippen molar-refractivity contribution in [3.05, 3.63) is 28.8 Å². The van der Waals surface area contributed by atoms with Crippen LogP contribution in [0, 0.1) is 0 Å². The van der Waals surface area contributed by atoms with Gasteiger partial charge in [-0.1, -0.05) is 32.8 Å². The summed E-state index contributed by atoms with van der Waals surface area (Å²) in [5.74, 6) is 0.450. The third-order valence-electron chi connectivity index (χ3n) is 3.29. The highest BCUT2D eigenvalue weighted by molar-refractivity contribution is 5.42. The van der Waals surface area contributed by atoms with Crippen LogP contribution in [0.15, 0.2) is 12.1 Å². The summed E-state index contributed by atoms with van der Waals surface area (Å²) in [7, 11) is 0. The van der Waals surface area contributed by atoms with Crippen LogP contribution < -0.4 is 0 Å². The van der Waals surface area contributed by atoms with E-state index in [2.05, 4.69) is 19.9 Å². The summed E-state index contributed by atoms with van der Waals surface area (Å²) < 4.78 is 0. The maximum Gasteiger partial charge on any atom is 0.119 e. The summed E-state index contributed by atoms with van der Waals surface area (Å²) in [5, 5.41) is 18.9. The molecule has 0 amide bonds. The van der Waals surface area contributed by atoms with E-state index in [1.54, 1.807) is 0 Å². The molecule has 0 heterocycles. The van der Waals surface area contributed by atoms with Crippen LogP contribution >= 0.6 is 0 Å². The van der Waals surface area contributed by atoms with Crippen LogP contribution in [-0.2, 0) is 19.3 Å². The van der Waals surface area contributed by atoms with Gasteiger partial charge in [0.2, 0.25) is 0 Å². The summed E-state index contributed by atoms with van der Waals surface area (Å²) >= 11 is 0. The van der Waals surface area contributed by atoms with Gasteiger partial charge >= 0.3 is 0 Å². The molecule has 0 bridgehead atoms. The molecule has 0 aliphatic rings. The van der Waals surface area contributed by atoms with Crippen molar-refractivity contribution in [2.45, 2.75) is 58.8 Å². The summed E-state index contributed by atoms with van der Waals surface area (Å²) in [4.78, 5) is 0. The van der Waals surface area contributed by atoms with Crippen molar-refractivity contribution in [2.75, 3.05) is 6.61 Å². The topological polar surface area (TPSA) is 40.5 Å². The molecule has 18 heavy (non-hydrogen) atoms. The Kier molecular flexibility index (Phi) is 6.81. The third-order valence-corrected chi connectivity index (χ3v) is 3.29. The molecule has 0 aliphatic heterocycles. The van der Waals surface area contributed by atoms with Gasteiger partial charge in [-0.25, -0.2) is 0 Å². The van der Waals surface area contributed by atoms with Gasteiger partial charge in [0.25, 0.3) is 0 Å². The van der Waals surface area contributed by atoms with E-state index in [9.17, 15) is 5.11 Å². The van der Waals surface area contributed by atoms with E-state index in [1.807, 2.05) is 6.07 Å². The molecule has 0 aromatic heterocycles. The van der Waals surface area contributed by atoms with Crippen molar-refractivity contribution in [3.8, 4) is 5.75 Å². The van der Waals surface area contributed by atoms with Gasteiger partial charge in [0.15, 0.2) is 0 Å². The molecular formula is C16H26O2. The van der Waals surface area contributed by atoms with Crippen LogP contribution in [0.1, 0.15) is 56.2 Å². The molecule has 1 aromatic rings. The van der Waals surface area contributed by atoms with Crippen LogP contribution in [-0.4, -0.2) is 16.8 Å². The largest absolute Gasteiger partial charge is 0.508 e. The van der Waals surface area contributed by atoms with E-state index in [0.717, 1.165) is 50.5 Å². The third kappa shape index (κ3) is 4.34. The maximum absolute atomic E-state index is 10.0. The molecule has 2 N–H and O–H groups in total. The van der Waals surface area contributed by atoms with Gasteiger partial charge in [0.05, 0.1) is 0 Å². The van der Waals surface area contributed by atoms with Crippen molar-refractivity contribution >= 4 is 0 Å². The predicted molar refractivity (Wildman–Crippen MR) is 76.1 cm³/mol. The Balaban J connectivity index is 2.90. The average Bonchev–Trinajstić information content (AvgIpc) is 2.35. The first kappa shape index (κ1) is 15.0. The molecule has 2 nitrogen and oxygen atoms in total. The Morgan fingerprint density at radius 2 is 1.44 bits per heavy atom. The predicted octanol–water partition coefficient (Wildman–Crippen LogP) is 3.61. The van der Waals surface area contributed by atoms with Gasteiger partial charge in [-0.15, -0.1) is 0 Å². The van der Waals surface area contributed by atoms with E-state index in [0.29, 0.717) is 5.75 Å². The highest BCUT2D eigenvalue weighted by Gasteiger charge is 2.08. The number of unbranched alkanes of at least 4 members (excludes halogenated alkanes) is 1. The quantitative estimate of drug-likeness (QED) is 0.692. The molecule has 1 rings (SSSR count). The molecule has 2 heteroatoms. The summed E-state index contributed by atoms with van der Waals surface area (Å²) in [6.07, 6.45) is 6.99. The number of hydrogen-bond acceptors (Lipinski definition) is 2. The first-order chi connectivity index (χ1) is 8.72. The molecule has 0 saturated heterocycles. The number of rotatable bonds is 8. The van der Waals surface area contributed by atoms with Crippen molar-refractivity contribution in [3.63, 3.8) is 0 Å². The van der Waals surface area contributed by atoms with Gasteiger partial charge in [-0.3, -0.25) is 0 Å². The van der Waals surface area contributed by atoms with Gasteiger partial charge in [-0.2, -0.15) is 0 Å². The van der Waals surface area contributed by atoms with Crippen LogP contribution in [0.5, 0.6) is 5.75 Å². The monoisotopic (exact) mass is 250 g/mol. The molecule has 0 unspecified atom stereocenters. The zero-order valence-corrected chi connectivity index (χ0v) is 11.7. The number of aryl methyl sites for hydroxylation is 3. The minimum absolute atomic E-state index is 0.267. The Morgan fingerprint density at radius 3 is 2.06 bits per heavy atom. The lowest BCUT2D eigenvalue weighted by molar-refractivity contribution is 0.284. The Labute approximate surface area is 111 Å². The van der Waals surface area contributed by atoms with E-state index in [1.165, 1.54) is 11.1 Å². The summed E-state index contributed by atoms with van der Waals surface area (Å²) in [6.45, 7) is 4.56. The van der Waals surface area contributed by atoms with Crippen molar-refractivity contribution in [1.82, 2.24) is 0 Å². The zero-order valence-electron chi connectivity index (χ0n) is 11.7. The number of phenols is 1. The second-order valence-corrected chi connectivity index (χ2v) is 4.93. The number of aromatic hydroxyl groups is 1. The van der Waals surface area contributed by atoms with E-state index in [-0.39, 0.29) is 6.61 Å². The Morgan fingerprint density at radius 1 is 0.833 bits per heavy atom. The molecule has 102 valence electrons. The molecule has 0 aliphatic carbocycles. The lowest BCUT2D eigenvalue weighted by Gasteiger charge is -2.13. The molecule has 0 saturated carbocycles. The maximum atomic E-state index is 10.0. The van der Waals surface area contributed by atoms with Gasteiger partial charge in [0, 0.05) is 6.61 Å². The van der Waals surface area contributed by atoms with Gasteiger partial charge in [-0.05, 0) is 54.9 Å². The first-order valence-electron chi connectivity index (χ1n) is 7.17. The van der Waals surface area contributed by atoms with Crippen LogP contribution in [0.3, 0.4) is 0 Å². The number of aliphatic hydroxyl groups is 1. The average molecular weight is 250 g/mol. The number of hydrogen-bond donors (Lipinski definition) is 2. The summed E-state index contributed by atoms with van der Waals surface area (Å²) in [5.41, 5.74) is 3.69. The van der Waals surface area contributed by atoms with Crippen molar-refractivity contribution in [1.29, 1.82) is 0 Å². The minimum atomic E-state index is 0.267. The fourth-order valence-corrected chi connectivity index (χ4v) is 2.36. The second kappa shape index (κ2) is 8.15. The molecule has 0 fully saturated rings. The molecule has 0 atom stereocenters. The second-order valence-electron chi connectivity index (χ2n) is 4.93. The fourth-order valence-electron chi connectivity index (χ4n) is 2.36. The van der Waals surface area contributed by atoms with E-state index in [4.69, 9.17) is 5.11 Å². The van der Waals surface area contributed by atoms with E-state index < -0.39 is 0 Å². The molecular weight excluding hydrogens is 224 g/mol. The summed E-state index contributed by atoms with van der Waals surface area (Å²) in [6, 6.07) is 4.12. The fraction of sp³-hybridized carbons (Fsp3) is 0.625. The number of benzene rings is 1. The highest BCUT2D eigenvalue weighted by atomic mass is 16.3. The SMILES string of the molecule is CCCc1cc(CCCCO)c(CCC)cc1O. The van der Waals surface area contributed by atoms with Crippen LogP contribution in [0.25, 0.3) is 0 Å². The standard InChI is InChI=1S/C16H26O2/c1-3-7-13-12-16(18)15(8-4-2)11-14(13)9-5-6-10-17/h11-12,17-18H,3-10H2,1-2H3. The zero-order chi connectivity index (χ0) is 13.4. The normalized spacial score (nSPS) is 10.8. The Hall–Kier alpha value is -1.02. The molecule has 0 radical (unpaired) electrons. The van der Waals surface area contributed by atoms with Crippen LogP contribution in [0.4, 0.5) is 0 Å². The van der Waals surface area contributed by atoms with Crippen molar-refractivity contribution in [2.24, 2.45) is 0 Å². The molecule has 1 aromatic carbocycles. The minimum Gasteiger partial charge on any atom is -0.508 e. The lowest BCUT2D eigenvalue weighted by atomic mass is 9.94. The van der Waals surface area contributed by atoms with Gasteiger partial charge in [0.1, 0.15) is 5.75 Å². The first-order valence-corrected chi connectivity index (χ1v) is 7.17. The molecule has 0 spiro atoms. The highest BCUT2D eigenvalue weighted by Crippen LogP contribution is 2.26. The number of aliphatic hydroxyl groups excluding tert-OH is 1. The number of phenolic OH excluding ortho intramolecular Hbond substituents is 1. The van der Waals surface area contributed by atoms with Crippen molar-refractivity contribution < 1.29 is 10.2 Å².